The van der Waals surface area contributed by atoms with Gasteiger partial charge in [0.25, 0.3) is 9.05 Å². The van der Waals surface area contributed by atoms with Crippen molar-refractivity contribution in [2.75, 3.05) is 0 Å². The van der Waals surface area contributed by atoms with E-state index >= 15 is 0 Å². The molecule has 16 heavy (non-hydrogen) atoms. The van der Waals surface area contributed by atoms with Crippen LogP contribution < -0.4 is 0 Å². The van der Waals surface area contributed by atoms with Gasteiger partial charge in [-0.3, -0.25) is 0 Å². The predicted molar refractivity (Wildman–Crippen MR) is 55.4 cm³/mol. The highest BCUT2D eigenvalue weighted by molar-refractivity contribution is 8.13. The van der Waals surface area contributed by atoms with Crippen LogP contribution in [0.15, 0.2) is 23.9 Å². The van der Waals surface area contributed by atoms with Gasteiger partial charge in [-0.2, -0.15) is 0 Å². The monoisotopic (exact) mass is 261 g/mol. The maximum atomic E-state index is 11.0. The molecule has 0 spiro atoms. The van der Waals surface area contributed by atoms with Gasteiger partial charge in [-0.15, -0.1) is 10.2 Å². The molecule has 0 saturated heterocycles. The SMILES string of the molecule is Cn1cnnc1Cn1cnc(S(=O)(=O)Cl)c1. The quantitative estimate of drug-likeness (QED) is 0.726. The Balaban J connectivity index is 2.25. The van der Waals surface area contributed by atoms with Crippen molar-refractivity contribution in [3.63, 3.8) is 0 Å². The average Bonchev–Trinajstić information content (AvgIpc) is 2.76. The van der Waals surface area contributed by atoms with Crippen LogP contribution in [0.4, 0.5) is 0 Å². The second-order valence-electron chi connectivity index (χ2n) is 3.18. The molecule has 2 aromatic rings. The molecular weight excluding hydrogens is 254 g/mol. The molecule has 0 radical (unpaired) electrons. The third-order valence-corrected chi connectivity index (χ3v) is 3.17. The van der Waals surface area contributed by atoms with Gasteiger partial charge < -0.3 is 9.13 Å². The molecule has 7 nitrogen and oxygen atoms in total. The van der Waals surface area contributed by atoms with Crippen LogP contribution in [0.2, 0.25) is 0 Å². The van der Waals surface area contributed by atoms with Gasteiger partial charge in [-0.1, -0.05) is 0 Å². The summed E-state index contributed by atoms with van der Waals surface area (Å²) in [5.74, 6) is 0.691. The molecule has 0 unspecified atom stereocenters. The third kappa shape index (κ3) is 2.22. The van der Waals surface area contributed by atoms with E-state index < -0.39 is 9.05 Å². The number of aryl methyl sites for hydroxylation is 1. The van der Waals surface area contributed by atoms with Crippen LogP contribution in [-0.4, -0.2) is 32.7 Å². The summed E-state index contributed by atoms with van der Waals surface area (Å²) in [6.07, 6.45) is 4.28. The van der Waals surface area contributed by atoms with E-state index in [1.807, 2.05) is 0 Å². The lowest BCUT2D eigenvalue weighted by atomic mass is 10.6. The topological polar surface area (TPSA) is 82.7 Å². The second kappa shape index (κ2) is 3.87. The van der Waals surface area contributed by atoms with Crippen molar-refractivity contribution in [3.05, 3.63) is 24.7 Å². The Morgan fingerprint density at radius 1 is 1.44 bits per heavy atom. The van der Waals surface area contributed by atoms with Crippen molar-refractivity contribution in [3.8, 4) is 0 Å². The standard InChI is InChI=1S/C7H8ClN5O2S/c1-12-5-10-11-6(12)2-13-3-7(9-4-13)16(8,14)15/h3-5H,2H2,1H3. The van der Waals surface area contributed by atoms with Crippen LogP contribution in [0, 0.1) is 0 Å². The summed E-state index contributed by atoms with van der Waals surface area (Å²) >= 11 is 0. The second-order valence-corrected chi connectivity index (χ2v) is 5.69. The van der Waals surface area contributed by atoms with E-state index in [1.54, 1.807) is 22.5 Å². The Labute approximate surface area is 96.1 Å². The Morgan fingerprint density at radius 2 is 2.19 bits per heavy atom. The molecule has 0 aliphatic heterocycles. The van der Waals surface area contributed by atoms with E-state index in [9.17, 15) is 8.42 Å². The first kappa shape index (κ1) is 11.1. The van der Waals surface area contributed by atoms with E-state index in [4.69, 9.17) is 10.7 Å². The zero-order valence-corrected chi connectivity index (χ0v) is 9.85. The highest BCUT2D eigenvalue weighted by Gasteiger charge is 2.14. The summed E-state index contributed by atoms with van der Waals surface area (Å²) in [5, 5.41) is 7.40. The lowest BCUT2D eigenvalue weighted by Gasteiger charge is -1.99. The van der Waals surface area contributed by atoms with Gasteiger partial charge in [-0.25, -0.2) is 13.4 Å². The summed E-state index contributed by atoms with van der Waals surface area (Å²) in [6, 6.07) is 0. The number of nitrogens with zero attached hydrogens (tertiary/aromatic N) is 5. The first-order valence-electron chi connectivity index (χ1n) is 4.26. The Morgan fingerprint density at radius 3 is 2.69 bits per heavy atom. The van der Waals surface area contributed by atoms with E-state index in [2.05, 4.69) is 15.2 Å². The average molecular weight is 262 g/mol. The molecule has 0 atom stereocenters. The van der Waals surface area contributed by atoms with Gasteiger partial charge in [0.1, 0.15) is 6.33 Å². The fraction of sp³-hybridized carbons (Fsp3) is 0.286. The maximum Gasteiger partial charge on any atom is 0.280 e. The molecule has 0 aromatic carbocycles. The minimum atomic E-state index is -3.77. The largest absolute Gasteiger partial charge is 0.328 e. The highest BCUT2D eigenvalue weighted by atomic mass is 35.7. The van der Waals surface area contributed by atoms with Crippen molar-refractivity contribution in [2.24, 2.45) is 7.05 Å². The zero-order chi connectivity index (χ0) is 11.8. The minimum absolute atomic E-state index is 0.170. The molecule has 2 heterocycles. The third-order valence-electron chi connectivity index (χ3n) is 1.99. The summed E-state index contributed by atoms with van der Waals surface area (Å²) < 4.78 is 25.2. The fourth-order valence-electron chi connectivity index (χ4n) is 1.17. The first-order chi connectivity index (χ1) is 7.47. The smallest absolute Gasteiger partial charge is 0.280 e. The van der Waals surface area contributed by atoms with Gasteiger partial charge in [0, 0.05) is 23.9 Å². The number of imidazole rings is 1. The van der Waals surface area contributed by atoms with Gasteiger partial charge in [0.2, 0.25) is 0 Å². The van der Waals surface area contributed by atoms with Crippen LogP contribution >= 0.6 is 10.7 Å². The maximum absolute atomic E-state index is 11.0. The number of halogens is 1. The lowest BCUT2D eigenvalue weighted by Crippen LogP contribution is -2.03. The van der Waals surface area contributed by atoms with E-state index in [1.165, 1.54) is 12.5 Å². The van der Waals surface area contributed by atoms with Gasteiger partial charge in [0.15, 0.2) is 10.9 Å². The Hall–Kier alpha value is -1.41. The molecule has 2 rings (SSSR count). The van der Waals surface area contributed by atoms with E-state index in [-0.39, 0.29) is 5.03 Å². The van der Waals surface area contributed by atoms with Gasteiger partial charge in [0.05, 0.1) is 12.9 Å². The summed E-state index contributed by atoms with van der Waals surface area (Å²) in [6.45, 7) is 0.385. The molecule has 0 aliphatic carbocycles. The molecule has 0 N–H and O–H groups in total. The first-order valence-corrected chi connectivity index (χ1v) is 6.57. The predicted octanol–water partition coefficient (Wildman–Crippen LogP) is -0.0126. The van der Waals surface area contributed by atoms with Crippen LogP contribution in [-0.2, 0) is 22.6 Å². The van der Waals surface area contributed by atoms with Gasteiger partial charge >= 0.3 is 0 Å². The molecule has 86 valence electrons. The summed E-state index contributed by atoms with van der Waals surface area (Å²) in [4.78, 5) is 3.68. The van der Waals surface area contributed by atoms with Gasteiger partial charge in [-0.05, 0) is 0 Å². The summed E-state index contributed by atoms with van der Waals surface area (Å²) in [7, 11) is 3.17. The minimum Gasteiger partial charge on any atom is -0.328 e. The van der Waals surface area contributed by atoms with Crippen molar-refractivity contribution in [1.29, 1.82) is 0 Å². The molecule has 0 saturated carbocycles. The normalized spacial score (nSPS) is 11.9. The molecule has 9 heteroatoms. The van der Waals surface area contributed by atoms with Crippen molar-refractivity contribution < 1.29 is 8.42 Å². The number of hydrogen-bond acceptors (Lipinski definition) is 5. The number of aromatic nitrogens is 5. The molecule has 2 aromatic heterocycles. The molecule has 0 bridgehead atoms. The van der Waals surface area contributed by atoms with Crippen molar-refractivity contribution in [1.82, 2.24) is 24.3 Å². The van der Waals surface area contributed by atoms with Crippen molar-refractivity contribution in [2.45, 2.75) is 11.6 Å². The van der Waals surface area contributed by atoms with E-state index in [0.717, 1.165) is 0 Å². The number of hydrogen-bond donors (Lipinski definition) is 0. The fourth-order valence-corrected chi connectivity index (χ4v) is 1.84. The summed E-state index contributed by atoms with van der Waals surface area (Å²) in [5.41, 5.74) is 0. The lowest BCUT2D eigenvalue weighted by molar-refractivity contribution is 0.606. The highest BCUT2D eigenvalue weighted by Crippen LogP contribution is 2.11. The van der Waals surface area contributed by atoms with Crippen molar-refractivity contribution >= 4 is 19.7 Å². The van der Waals surface area contributed by atoms with Crippen LogP contribution in [0.5, 0.6) is 0 Å². The zero-order valence-electron chi connectivity index (χ0n) is 8.28. The van der Waals surface area contributed by atoms with E-state index in [0.29, 0.717) is 12.4 Å². The number of rotatable bonds is 3. The molecule has 0 amide bonds. The van der Waals surface area contributed by atoms with Crippen LogP contribution in [0.3, 0.4) is 0 Å². The molecular formula is C7H8ClN5O2S. The molecule has 0 fully saturated rings. The van der Waals surface area contributed by atoms with Crippen LogP contribution in [0.25, 0.3) is 0 Å². The van der Waals surface area contributed by atoms with Crippen LogP contribution in [0.1, 0.15) is 5.82 Å². The Kier molecular flexibility index (Phi) is 2.68. The Bertz CT molecular complexity index is 602. The molecule has 0 aliphatic rings.